The van der Waals surface area contributed by atoms with Crippen LogP contribution in [0.15, 0.2) is 0 Å². The molecule has 0 bridgehead atoms. The number of likely N-dealkylation sites (N-methyl/N-ethyl adjacent to an activating group) is 2. The monoisotopic (exact) mass is 272 g/mol. The van der Waals surface area contributed by atoms with Crippen molar-refractivity contribution in [2.24, 2.45) is 5.92 Å². The predicted octanol–water partition coefficient (Wildman–Crippen LogP) is 3.10. The molecule has 2 atom stereocenters. The molecular weight excluding hydrogens is 236 g/mol. The molecule has 116 valence electrons. The van der Waals surface area contributed by atoms with Gasteiger partial charge < -0.3 is 14.5 Å². The Balaban J connectivity index is 3.82. The standard InChI is InChI=1S/C16H36N2O/c1-7-15(4)14-18(9-3)13-12-17(5)11-10-16(8-2)19-6/h15-16H,7-14H2,1-6H3/t15-,16?/m1/s1. The van der Waals surface area contributed by atoms with Crippen molar-refractivity contribution in [1.82, 2.24) is 9.80 Å². The first kappa shape index (κ1) is 18.9. The highest BCUT2D eigenvalue weighted by molar-refractivity contribution is 4.64. The molecule has 0 amide bonds. The van der Waals surface area contributed by atoms with Gasteiger partial charge >= 0.3 is 0 Å². The molecule has 0 saturated carbocycles. The van der Waals surface area contributed by atoms with E-state index < -0.39 is 0 Å². The van der Waals surface area contributed by atoms with Gasteiger partial charge in [-0.2, -0.15) is 0 Å². The second-order valence-electron chi connectivity index (χ2n) is 5.76. The number of rotatable bonds is 12. The van der Waals surface area contributed by atoms with Crippen molar-refractivity contribution in [1.29, 1.82) is 0 Å². The Labute approximate surface area is 121 Å². The predicted molar refractivity (Wildman–Crippen MR) is 84.8 cm³/mol. The molecule has 0 spiro atoms. The lowest BCUT2D eigenvalue weighted by Gasteiger charge is -2.27. The van der Waals surface area contributed by atoms with Crippen molar-refractivity contribution in [3.63, 3.8) is 0 Å². The summed E-state index contributed by atoms with van der Waals surface area (Å²) in [4.78, 5) is 5.00. The number of methoxy groups -OCH3 is 1. The van der Waals surface area contributed by atoms with Gasteiger partial charge in [0.15, 0.2) is 0 Å². The first-order chi connectivity index (χ1) is 9.07. The summed E-state index contributed by atoms with van der Waals surface area (Å²) in [6, 6.07) is 0. The van der Waals surface area contributed by atoms with Gasteiger partial charge in [-0.3, -0.25) is 0 Å². The van der Waals surface area contributed by atoms with Crippen LogP contribution in [0.2, 0.25) is 0 Å². The van der Waals surface area contributed by atoms with Gasteiger partial charge in [0.1, 0.15) is 0 Å². The first-order valence-corrected chi connectivity index (χ1v) is 8.00. The summed E-state index contributed by atoms with van der Waals surface area (Å²) in [6.45, 7) is 14.9. The van der Waals surface area contributed by atoms with E-state index in [1.54, 1.807) is 0 Å². The zero-order valence-corrected chi connectivity index (χ0v) is 14.1. The van der Waals surface area contributed by atoms with Crippen molar-refractivity contribution in [3.8, 4) is 0 Å². The summed E-state index contributed by atoms with van der Waals surface area (Å²) in [7, 11) is 4.04. The van der Waals surface area contributed by atoms with Gasteiger partial charge in [-0.15, -0.1) is 0 Å². The van der Waals surface area contributed by atoms with Crippen LogP contribution in [0.4, 0.5) is 0 Å². The molecule has 1 unspecified atom stereocenters. The molecule has 0 aromatic rings. The Kier molecular flexibility index (Phi) is 11.6. The average molecular weight is 272 g/mol. The fraction of sp³-hybridized carbons (Fsp3) is 1.00. The minimum absolute atomic E-state index is 0.421. The van der Waals surface area contributed by atoms with E-state index in [0.717, 1.165) is 38.4 Å². The van der Waals surface area contributed by atoms with Crippen LogP contribution in [0.3, 0.4) is 0 Å². The van der Waals surface area contributed by atoms with Gasteiger partial charge in [0.05, 0.1) is 6.10 Å². The molecular formula is C16H36N2O. The van der Waals surface area contributed by atoms with E-state index in [-0.39, 0.29) is 0 Å². The summed E-state index contributed by atoms with van der Waals surface area (Å²) in [5.74, 6) is 0.809. The van der Waals surface area contributed by atoms with Gasteiger partial charge in [0.2, 0.25) is 0 Å². The lowest BCUT2D eigenvalue weighted by atomic mass is 10.1. The quantitative estimate of drug-likeness (QED) is 0.543. The Morgan fingerprint density at radius 3 is 2.16 bits per heavy atom. The second-order valence-corrected chi connectivity index (χ2v) is 5.76. The molecule has 0 rings (SSSR count). The Hall–Kier alpha value is -0.120. The van der Waals surface area contributed by atoms with Crippen LogP contribution in [-0.2, 0) is 4.74 Å². The fourth-order valence-corrected chi connectivity index (χ4v) is 2.23. The topological polar surface area (TPSA) is 15.7 Å². The van der Waals surface area contributed by atoms with E-state index in [1.807, 2.05) is 7.11 Å². The summed E-state index contributed by atoms with van der Waals surface area (Å²) in [6.07, 6.45) is 3.95. The van der Waals surface area contributed by atoms with Crippen LogP contribution in [-0.4, -0.2) is 62.8 Å². The molecule has 3 heteroatoms. The third-order valence-corrected chi connectivity index (χ3v) is 4.13. The maximum absolute atomic E-state index is 5.43. The highest BCUT2D eigenvalue weighted by Crippen LogP contribution is 2.05. The third kappa shape index (κ3) is 9.42. The number of hydrogen-bond donors (Lipinski definition) is 0. The van der Waals surface area contributed by atoms with Gasteiger partial charge in [0.25, 0.3) is 0 Å². The van der Waals surface area contributed by atoms with Crippen molar-refractivity contribution >= 4 is 0 Å². The minimum Gasteiger partial charge on any atom is -0.381 e. The molecule has 0 aromatic carbocycles. The van der Waals surface area contributed by atoms with E-state index in [1.165, 1.54) is 19.5 Å². The maximum atomic E-state index is 5.43. The molecule has 3 nitrogen and oxygen atoms in total. The zero-order chi connectivity index (χ0) is 14.7. The van der Waals surface area contributed by atoms with Gasteiger partial charge in [0, 0.05) is 33.3 Å². The molecule has 0 N–H and O–H groups in total. The number of ether oxygens (including phenoxy) is 1. The largest absolute Gasteiger partial charge is 0.381 e. The van der Waals surface area contributed by atoms with Crippen molar-refractivity contribution in [2.75, 3.05) is 46.9 Å². The third-order valence-electron chi connectivity index (χ3n) is 4.13. The van der Waals surface area contributed by atoms with E-state index in [9.17, 15) is 0 Å². The van der Waals surface area contributed by atoms with E-state index in [4.69, 9.17) is 4.74 Å². The molecule has 0 saturated heterocycles. The van der Waals surface area contributed by atoms with E-state index in [0.29, 0.717) is 6.10 Å². The maximum Gasteiger partial charge on any atom is 0.0580 e. The Morgan fingerprint density at radius 1 is 1.00 bits per heavy atom. The number of nitrogens with zero attached hydrogens (tertiary/aromatic N) is 2. The minimum atomic E-state index is 0.421. The van der Waals surface area contributed by atoms with Gasteiger partial charge in [-0.25, -0.2) is 0 Å². The van der Waals surface area contributed by atoms with Crippen LogP contribution in [0.1, 0.15) is 47.0 Å². The summed E-state index contributed by atoms with van der Waals surface area (Å²) in [5, 5.41) is 0. The van der Waals surface area contributed by atoms with Gasteiger partial charge in [-0.05, 0) is 32.4 Å². The van der Waals surface area contributed by atoms with Gasteiger partial charge in [-0.1, -0.05) is 34.1 Å². The summed E-state index contributed by atoms with van der Waals surface area (Å²) < 4.78 is 5.43. The van der Waals surface area contributed by atoms with Crippen molar-refractivity contribution in [3.05, 3.63) is 0 Å². The first-order valence-electron chi connectivity index (χ1n) is 8.00. The number of hydrogen-bond acceptors (Lipinski definition) is 3. The molecule has 0 aliphatic rings. The lowest BCUT2D eigenvalue weighted by molar-refractivity contribution is 0.0817. The highest BCUT2D eigenvalue weighted by Gasteiger charge is 2.10. The van der Waals surface area contributed by atoms with E-state index in [2.05, 4.69) is 44.5 Å². The second kappa shape index (κ2) is 11.7. The molecule has 0 radical (unpaired) electrons. The van der Waals surface area contributed by atoms with Crippen molar-refractivity contribution < 1.29 is 4.74 Å². The normalized spacial score (nSPS) is 15.2. The van der Waals surface area contributed by atoms with Crippen LogP contribution >= 0.6 is 0 Å². The molecule has 19 heavy (non-hydrogen) atoms. The van der Waals surface area contributed by atoms with Crippen LogP contribution in [0, 0.1) is 5.92 Å². The molecule has 0 aliphatic heterocycles. The molecule has 0 aromatic heterocycles. The smallest absolute Gasteiger partial charge is 0.0580 e. The SMILES string of the molecule is CCC(CCN(C)CCN(CC)C[C@H](C)CC)OC. The lowest BCUT2D eigenvalue weighted by Crippen LogP contribution is -2.36. The Morgan fingerprint density at radius 2 is 1.68 bits per heavy atom. The molecule has 0 fully saturated rings. The van der Waals surface area contributed by atoms with Crippen molar-refractivity contribution in [2.45, 2.75) is 53.1 Å². The van der Waals surface area contributed by atoms with Crippen LogP contribution in [0.5, 0.6) is 0 Å². The molecule has 0 heterocycles. The molecule has 0 aliphatic carbocycles. The van der Waals surface area contributed by atoms with Crippen LogP contribution < -0.4 is 0 Å². The summed E-state index contributed by atoms with van der Waals surface area (Å²) >= 11 is 0. The fourth-order valence-electron chi connectivity index (χ4n) is 2.23. The summed E-state index contributed by atoms with van der Waals surface area (Å²) in [5.41, 5.74) is 0. The average Bonchev–Trinajstić information content (AvgIpc) is 2.44. The zero-order valence-electron chi connectivity index (χ0n) is 14.1. The van der Waals surface area contributed by atoms with E-state index >= 15 is 0 Å². The van der Waals surface area contributed by atoms with Crippen LogP contribution in [0.25, 0.3) is 0 Å². The Bertz CT molecular complexity index is 195. The highest BCUT2D eigenvalue weighted by atomic mass is 16.5.